The van der Waals surface area contributed by atoms with Gasteiger partial charge >= 0.3 is 5.97 Å². The summed E-state index contributed by atoms with van der Waals surface area (Å²) in [7, 11) is 0. The molecule has 1 saturated carbocycles. The van der Waals surface area contributed by atoms with Crippen LogP contribution < -0.4 is 0 Å². The second-order valence-electron chi connectivity index (χ2n) is 4.07. The zero-order chi connectivity index (χ0) is 14.3. The van der Waals surface area contributed by atoms with Crippen molar-refractivity contribution in [3.63, 3.8) is 0 Å². The van der Waals surface area contributed by atoms with Crippen LogP contribution in [0.15, 0.2) is 35.5 Å². The fraction of sp³-hybridized carbons (Fsp3) is 0.385. The molecule has 0 heterocycles. The number of hydrogen-bond donors (Lipinski definition) is 2. The van der Waals surface area contributed by atoms with Gasteiger partial charge in [-0.05, 0) is 31.4 Å². The molecule has 6 heteroatoms. The highest BCUT2D eigenvalue weighted by molar-refractivity contribution is 6.38. The summed E-state index contributed by atoms with van der Waals surface area (Å²) >= 11 is 11.6. The molecule has 2 N–H and O–H groups in total. The van der Waals surface area contributed by atoms with Gasteiger partial charge in [0.25, 0.3) is 0 Å². The molecule has 0 aliphatic heterocycles. The van der Waals surface area contributed by atoms with Gasteiger partial charge in [-0.3, -0.25) is 0 Å². The van der Waals surface area contributed by atoms with Crippen molar-refractivity contribution in [1.29, 1.82) is 0 Å². The standard InChI is InChI=1S/C7H6O2.C6H9Cl2NO/c8-7(9)6-4-2-1-3-5-6;7-4-2-1-3-5(9-10)6(4)8/h1-5H,(H,8,9);4,6,10H,1-3H2/b;9-5-. The summed E-state index contributed by atoms with van der Waals surface area (Å²) in [6.07, 6.45) is 2.65. The maximum absolute atomic E-state index is 10.2. The van der Waals surface area contributed by atoms with Gasteiger partial charge in [0.15, 0.2) is 0 Å². The molecule has 0 aromatic heterocycles. The van der Waals surface area contributed by atoms with Crippen LogP contribution in [0.3, 0.4) is 0 Å². The van der Waals surface area contributed by atoms with Crippen LogP contribution in [0.5, 0.6) is 0 Å². The summed E-state index contributed by atoms with van der Waals surface area (Å²) in [5, 5.41) is 19.5. The van der Waals surface area contributed by atoms with Crippen LogP contribution >= 0.6 is 23.2 Å². The maximum Gasteiger partial charge on any atom is 0.335 e. The highest BCUT2D eigenvalue weighted by Crippen LogP contribution is 2.25. The van der Waals surface area contributed by atoms with Crippen LogP contribution in [0.25, 0.3) is 0 Å². The summed E-state index contributed by atoms with van der Waals surface area (Å²) < 4.78 is 0. The Morgan fingerprint density at radius 3 is 2.32 bits per heavy atom. The highest BCUT2D eigenvalue weighted by atomic mass is 35.5. The molecule has 0 amide bonds. The number of rotatable bonds is 1. The number of aromatic carboxylic acids is 1. The van der Waals surface area contributed by atoms with Crippen molar-refractivity contribution < 1.29 is 15.1 Å². The van der Waals surface area contributed by atoms with E-state index in [2.05, 4.69) is 5.16 Å². The quantitative estimate of drug-likeness (QED) is 0.473. The fourth-order valence-corrected chi connectivity index (χ4v) is 2.24. The molecule has 2 atom stereocenters. The van der Waals surface area contributed by atoms with Crippen LogP contribution in [-0.2, 0) is 0 Å². The average Bonchev–Trinajstić information content (AvgIpc) is 2.43. The van der Waals surface area contributed by atoms with E-state index in [0.29, 0.717) is 11.3 Å². The molecule has 0 radical (unpaired) electrons. The first-order valence-electron chi connectivity index (χ1n) is 5.83. The van der Waals surface area contributed by atoms with Gasteiger partial charge < -0.3 is 10.3 Å². The van der Waals surface area contributed by atoms with E-state index in [1.54, 1.807) is 30.3 Å². The molecule has 4 nitrogen and oxygen atoms in total. The van der Waals surface area contributed by atoms with Crippen molar-refractivity contribution >= 4 is 34.9 Å². The first kappa shape index (κ1) is 15.8. The van der Waals surface area contributed by atoms with Gasteiger partial charge in [0.05, 0.1) is 22.0 Å². The van der Waals surface area contributed by atoms with Crippen LogP contribution in [-0.4, -0.2) is 32.7 Å². The molecule has 0 bridgehead atoms. The normalized spacial score (nSPS) is 24.4. The SMILES string of the molecule is O/N=C1/CCCC(Cl)C1Cl.O=C(O)c1ccccc1. The van der Waals surface area contributed by atoms with Gasteiger partial charge in [0.1, 0.15) is 0 Å². The van der Waals surface area contributed by atoms with E-state index in [4.69, 9.17) is 33.5 Å². The summed E-state index contributed by atoms with van der Waals surface area (Å²) in [6, 6.07) is 8.30. The maximum atomic E-state index is 10.2. The van der Waals surface area contributed by atoms with Gasteiger partial charge in [-0.25, -0.2) is 4.79 Å². The van der Waals surface area contributed by atoms with Gasteiger partial charge in [-0.1, -0.05) is 23.4 Å². The van der Waals surface area contributed by atoms with E-state index in [1.165, 1.54) is 0 Å². The fourth-order valence-electron chi connectivity index (χ4n) is 1.66. The van der Waals surface area contributed by atoms with Gasteiger partial charge in [-0.2, -0.15) is 0 Å². The predicted octanol–water partition coefficient (Wildman–Crippen LogP) is 3.60. The van der Waals surface area contributed by atoms with Crippen LogP contribution in [0.1, 0.15) is 29.6 Å². The van der Waals surface area contributed by atoms with E-state index in [1.807, 2.05) is 0 Å². The van der Waals surface area contributed by atoms with Crippen molar-refractivity contribution in [2.75, 3.05) is 0 Å². The Balaban J connectivity index is 0.000000191. The monoisotopic (exact) mass is 303 g/mol. The summed E-state index contributed by atoms with van der Waals surface area (Å²) in [6.45, 7) is 0. The number of alkyl halides is 2. The largest absolute Gasteiger partial charge is 0.478 e. The number of carboxylic acid groups (broad SMARTS) is 1. The van der Waals surface area contributed by atoms with Crippen LogP contribution in [0, 0.1) is 0 Å². The molecule has 1 fully saturated rings. The Kier molecular flexibility index (Phi) is 6.67. The molecule has 2 rings (SSSR count). The molecule has 0 spiro atoms. The average molecular weight is 304 g/mol. The minimum atomic E-state index is -0.879. The summed E-state index contributed by atoms with van der Waals surface area (Å²) in [5.41, 5.74) is 0.949. The molecular formula is C13H15Cl2NO3. The Morgan fingerprint density at radius 1 is 1.26 bits per heavy atom. The van der Waals surface area contributed by atoms with E-state index in [-0.39, 0.29) is 10.8 Å². The number of benzene rings is 1. The highest BCUT2D eigenvalue weighted by Gasteiger charge is 2.26. The van der Waals surface area contributed by atoms with Crippen molar-refractivity contribution in [2.45, 2.75) is 30.0 Å². The Hall–Kier alpha value is -1.26. The molecule has 0 saturated heterocycles. The topological polar surface area (TPSA) is 69.9 Å². The zero-order valence-corrected chi connectivity index (χ0v) is 11.7. The van der Waals surface area contributed by atoms with Crippen molar-refractivity contribution in [3.05, 3.63) is 35.9 Å². The summed E-state index contributed by atoms with van der Waals surface area (Å²) in [4.78, 5) is 10.2. The van der Waals surface area contributed by atoms with Gasteiger partial charge in [0, 0.05) is 0 Å². The number of carboxylic acids is 1. The van der Waals surface area contributed by atoms with Crippen LogP contribution in [0.2, 0.25) is 0 Å². The van der Waals surface area contributed by atoms with E-state index >= 15 is 0 Å². The molecule has 1 aromatic rings. The number of oxime groups is 1. The van der Waals surface area contributed by atoms with E-state index in [9.17, 15) is 4.79 Å². The first-order chi connectivity index (χ1) is 9.06. The number of carbonyl (C=O) groups is 1. The third-order valence-electron chi connectivity index (χ3n) is 2.70. The lowest BCUT2D eigenvalue weighted by Gasteiger charge is -2.21. The smallest absolute Gasteiger partial charge is 0.335 e. The van der Waals surface area contributed by atoms with Crippen LogP contribution in [0.4, 0.5) is 0 Å². The Morgan fingerprint density at radius 2 is 1.89 bits per heavy atom. The number of nitrogens with zero attached hydrogens (tertiary/aromatic N) is 1. The molecule has 2 unspecified atom stereocenters. The zero-order valence-electron chi connectivity index (χ0n) is 10.2. The summed E-state index contributed by atoms with van der Waals surface area (Å²) in [5.74, 6) is -0.879. The molecule has 19 heavy (non-hydrogen) atoms. The van der Waals surface area contributed by atoms with Gasteiger partial charge in [0.2, 0.25) is 0 Å². The predicted molar refractivity (Wildman–Crippen MR) is 75.8 cm³/mol. The van der Waals surface area contributed by atoms with Crippen molar-refractivity contribution in [3.8, 4) is 0 Å². The van der Waals surface area contributed by atoms with E-state index < -0.39 is 5.97 Å². The van der Waals surface area contributed by atoms with E-state index in [0.717, 1.165) is 19.3 Å². The molecule has 1 aliphatic rings. The lowest BCUT2D eigenvalue weighted by atomic mass is 9.98. The lowest BCUT2D eigenvalue weighted by molar-refractivity contribution is 0.0697. The van der Waals surface area contributed by atoms with Crippen molar-refractivity contribution in [2.24, 2.45) is 5.16 Å². The second-order valence-corrected chi connectivity index (χ2v) is 5.10. The molecular weight excluding hydrogens is 289 g/mol. The first-order valence-corrected chi connectivity index (χ1v) is 6.71. The molecule has 1 aliphatic carbocycles. The Labute approximate surface area is 121 Å². The molecule has 1 aromatic carbocycles. The van der Waals surface area contributed by atoms with Gasteiger partial charge in [-0.15, -0.1) is 23.2 Å². The Bertz CT molecular complexity index is 437. The third kappa shape index (κ3) is 5.09. The molecule has 104 valence electrons. The minimum absolute atomic E-state index is 0.0682. The minimum Gasteiger partial charge on any atom is -0.478 e. The third-order valence-corrected chi connectivity index (χ3v) is 3.85. The number of hydrogen-bond acceptors (Lipinski definition) is 3. The number of halogens is 2. The second kappa shape index (κ2) is 8.02. The lowest BCUT2D eigenvalue weighted by Crippen LogP contribution is -2.29. The van der Waals surface area contributed by atoms with Crippen molar-refractivity contribution in [1.82, 2.24) is 0 Å².